The van der Waals surface area contributed by atoms with Crippen molar-refractivity contribution in [1.29, 1.82) is 5.26 Å². The maximum absolute atomic E-state index is 11.5. The van der Waals surface area contributed by atoms with Crippen molar-refractivity contribution in [1.82, 2.24) is 14.6 Å². The molecule has 0 aromatic carbocycles. The molecular formula is C16H19N5O6. The Hall–Kier alpha value is -2.94. The zero-order valence-electron chi connectivity index (χ0n) is 14.6. The molecule has 0 spiro atoms. The van der Waals surface area contributed by atoms with Crippen LogP contribution in [0.2, 0.25) is 0 Å². The zero-order valence-corrected chi connectivity index (χ0v) is 14.6. The Balaban J connectivity index is 1.88. The van der Waals surface area contributed by atoms with Crippen molar-refractivity contribution in [2.24, 2.45) is 0 Å². The fraction of sp³-hybridized carbons (Fsp3) is 0.500. The van der Waals surface area contributed by atoms with E-state index in [4.69, 9.17) is 19.9 Å². The van der Waals surface area contributed by atoms with E-state index < -0.39 is 36.7 Å². The summed E-state index contributed by atoms with van der Waals surface area (Å²) < 4.78 is 16.7. The Bertz CT molecular complexity index is 893. The van der Waals surface area contributed by atoms with Crippen molar-refractivity contribution in [3.05, 3.63) is 24.2 Å². The lowest BCUT2D eigenvalue weighted by molar-refractivity contribution is -0.0737. The summed E-state index contributed by atoms with van der Waals surface area (Å²) in [5, 5.41) is 34.6. The molecule has 0 aliphatic carbocycles. The predicted molar refractivity (Wildman–Crippen MR) is 89.1 cm³/mol. The van der Waals surface area contributed by atoms with Crippen LogP contribution in [0, 0.1) is 11.3 Å². The van der Waals surface area contributed by atoms with Gasteiger partial charge in [-0.15, -0.1) is 0 Å². The fourth-order valence-corrected chi connectivity index (χ4v) is 2.93. The second-order valence-electron chi connectivity index (χ2n) is 6.33. The Morgan fingerprint density at radius 2 is 2.26 bits per heavy atom. The van der Waals surface area contributed by atoms with Gasteiger partial charge in [0.25, 0.3) is 0 Å². The molecule has 27 heavy (non-hydrogen) atoms. The van der Waals surface area contributed by atoms with Crippen LogP contribution in [0.4, 0.5) is 10.6 Å². The minimum Gasteiger partial charge on any atom is -0.432 e. The van der Waals surface area contributed by atoms with E-state index >= 15 is 0 Å². The fourth-order valence-electron chi connectivity index (χ4n) is 2.93. The van der Waals surface area contributed by atoms with Crippen molar-refractivity contribution in [2.45, 2.75) is 43.9 Å². The van der Waals surface area contributed by atoms with Crippen LogP contribution in [0.5, 0.6) is 0 Å². The summed E-state index contributed by atoms with van der Waals surface area (Å²) in [5.74, 6) is 0.175. The molecule has 0 unspecified atom stereocenters. The van der Waals surface area contributed by atoms with E-state index in [0.29, 0.717) is 5.52 Å². The molecule has 144 valence electrons. The second kappa shape index (κ2) is 6.99. The van der Waals surface area contributed by atoms with E-state index in [1.807, 2.05) is 6.07 Å². The average molecular weight is 377 g/mol. The number of rotatable bonds is 4. The minimum atomic E-state index is -1.94. The summed E-state index contributed by atoms with van der Waals surface area (Å²) in [6, 6.07) is 4.96. The third kappa shape index (κ3) is 3.14. The van der Waals surface area contributed by atoms with Gasteiger partial charge < -0.3 is 30.2 Å². The zero-order chi connectivity index (χ0) is 19.8. The average Bonchev–Trinajstić information content (AvgIpc) is 3.15. The number of nitrogens with zero attached hydrogens (tertiary/aromatic N) is 4. The molecule has 2 aromatic rings. The van der Waals surface area contributed by atoms with Gasteiger partial charge in [-0.25, -0.2) is 14.3 Å². The Morgan fingerprint density at radius 3 is 2.93 bits per heavy atom. The smallest absolute Gasteiger partial charge is 0.432 e. The molecule has 1 saturated heterocycles. The first kappa shape index (κ1) is 18.8. The largest absolute Gasteiger partial charge is 0.508 e. The van der Waals surface area contributed by atoms with E-state index in [-0.39, 0.29) is 17.6 Å². The number of nitrogens with two attached hydrogens (primary N) is 1. The van der Waals surface area contributed by atoms with E-state index in [2.05, 4.69) is 10.1 Å². The number of hydrogen-bond donors (Lipinski definition) is 3. The van der Waals surface area contributed by atoms with Crippen LogP contribution < -0.4 is 5.73 Å². The number of nitrogen functional groups attached to an aromatic ring is 1. The van der Waals surface area contributed by atoms with Gasteiger partial charge in [-0.1, -0.05) is 0 Å². The van der Waals surface area contributed by atoms with Gasteiger partial charge in [0.05, 0.1) is 11.8 Å². The van der Waals surface area contributed by atoms with Crippen molar-refractivity contribution in [2.75, 3.05) is 12.3 Å². The van der Waals surface area contributed by atoms with E-state index in [0.717, 1.165) is 0 Å². The highest BCUT2D eigenvalue weighted by molar-refractivity contribution is 5.66. The number of aromatic nitrogens is 3. The summed E-state index contributed by atoms with van der Waals surface area (Å²) >= 11 is 0. The monoisotopic (exact) mass is 377 g/mol. The molecule has 1 aliphatic rings. The summed E-state index contributed by atoms with van der Waals surface area (Å²) in [6.45, 7) is 2.89. The summed E-state index contributed by atoms with van der Waals surface area (Å²) in [5.41, 5.74) is 4.41. The molecule has 0 saturated carbocycles. The third-order valence-electron chi connectivity index (χ3n) is 4.18. The lowest BCUT2D eigenvalue weighted by Gasteiger charge is -2.24. The highest BCUT2D eigenvalue weighted by Crippen LogP contribution is 2.40. The van der Waals surface area contributed by atoms with Gasteiger partial charge in [0.1, 0.15) is 42.8 Å². The number of aliphatic hydroxyl groups is 2. The molecule has 0 bridgehead atoms. The Kier molecular flexibility index (Phi) is 4.88. The van der Waals surface area contributed by atoms with Gasteiger partial charge in [-0.2, -0.15) is 10.4 Å². The number of ether oxygens (including phenoxy) is 3. The number of anilines is 1. The van der Waals surface area contributed by atoms with Gasteiger partial charge in [0.2, 0.25) is 5.60 Å². The quantitative estimate of drug-likeness (QED) is 0.603. The topological polar surface area (TPSA) is 165 Å². The summed E-state index contributed by atoms with van der Waals surface area (Å²) in [6.07, 6.45) is -4.39. The van der Waals surface area contributed by atoms with E-state index in [1.54, 1.807) is 19.9 Å². The standard InChI is InChI=1S/C16H19N5O6/c1-8(2)26-15(24)25-5-10-12(22)13(23)16(6-17,27-10)11-4-3-9-14(18)19-7-20-21(9)11/h3-4,7-8,10,12-13,22-23H,5H2,1-2H3,(H2,18,19,20)/t10-,12-,13-,16+/m1/s1. The predicted octanol–water partition coefficient (Wildman–Crippen LogP) is -0.287. The molecule has 11 nitrogen and oxygen atoms in total. The molecular weight excluding hydrogens is 358 g/mol. The van der Waals surface area contributed by atoms with Gasteiger partial charge >= 0.3 is 6.16 Å². The first-order valence-corrected chi connectivity index (χ1v) is 8.17. The first-order chi connectivity index (χ1) is 12.8. The van der Waals surface area contributed by atoms with E-state index in [9.17, 15) is 20.3 Å². The maximum Gasteiger partial charge on any atom is 0.508 e. The van der Waals surface area contributed by atoms with E-state index in [1.165, 1.54) is 16.9 Å². The van der Waals surface area contributed by atoms with Gasteiger partial charge in [-0.05, 0) is 26.0 Å². The lowest BCUT2D eigenvalue weighted by Crippen LogP contribution is -2.41. The lowest BCUT2D eigenvalue weighted by atomic mass is 9.92. The van der Waals surface area contributed by atoms with Crippen LogP contribution in [-0.4, -0.2) is 62.0 Å². The third-order valence-corrected chi connectivity index (χ3v) is 4.18. The number of carbonyl (C=O) groups is 1. The van der Waals surface area contributed by atoms with Crippen molar-refractivity contribution in [3.8, 4) is 6.07 Å². The normalized spacial score (nSPS) is 27.6. The summed E-state index contributed by atoms with van der Waals surface area (Å²) in [4.78, 5) is 15.4. The van der Waals surface area contributed by atoms with Crippen LogP contribution in [0.1, 0.15) is 19.5 Å². The number of hydrogen-bond acceptors (Lipinski definition) is 10. The van der Waals surface area contributed by atoms with Crippen LogP contribution in [0.3, 0.4) is 0 Å². The molecule has 0 amide bonds. The van der Waals surface area contributed by atoms with Crippen molar-refractivity contribution >= 4 is 17.5 Å². The highest BCUT2D eigenvalue weighted by atomic mass is 16.7. The molecule has 1 fully saturated rings. The molecule has 4 atom stereocenters. The van der Waals surface area contributed by atoms with Gasteiger partial charge in [0, 0.05) is 0 Å². The first-order valence-electron chi connectivity index (χ1n) is 8.17. The molecule has 4 N–H and O–H groups in total. The molecule has 11 heteroatoms. The second-order valence-corrected chi connectivity index (χ2v) is 6.33. The molecule has 2 aromatic heterocycles. The van der Waals surface area contributed by atoms with Gasteiger partial charge in [0.15, 0.2) is 5.82 Å². The van der Waals surface area contributed by atoms with Crippen molar-refractivity contribution < 1.29 is 29.2 Å². The SMILES string of the molecule is CC(C)OC(=O)OC[C@H]1O[C@@](C#N)(c2ccc3c(N)ncnn23)[C@H](O)[C@@H]1O. The number of fused-ring (bicyclic) bond motifs is 1. The van der Waals surface area contributed by atoms with Crippen molar-refractivity contribution in [3.63, 3.8) is 0 Å². The molecule has 1 aliphatic heterocycles. The number of nitriles is 1. The van der Waals surface area contributed by atoms with Crippen LogP contribution in [0.15, 0.2) is 18.5 Å². The number of carbonyl (C=O) groups excluding carboxylic acids is 1. The van der Waals surface area contributed by atoms with Gasteiger partial charge in [-0.3, -0.25) is 0 Å². The molecule has 3 heterocycles. The van der Waals surface area contributed by atoms with Crippen LogP contribution in [0.25, 0.3) is 5.52 Å². The number of aliphatic hydroxyl groups excluding tert-OH is 2. The highest BCUT2D eigenvalue weighted by Gasteiger charge is 2.57. The Morgan fingerprint density at radius 1 is 1.52 bits per heavy atom. The van der Waals surface area contributed by atoms with Crippen LogP contribution in [-0.2, 0) is 19.8 Å². The van der Waals surface area contributed by atoms with Crippen LogP contribution >= 0.6 is 0 Å². The Labute approximate surface area is 153 Å². The minimum absolute atomic E-state index is 0.160. The maximum atomic E-state index is 11.5. The molecule has 0 radical (unpaired) electrons. The summed E-state index contributed by atoms with van der Waals surface area (Å²) in [7, 11) is 0. The molecule has 3 rings (SSSR count).